The molecule has 0 radical (unpaired) electrons. The number of nitrogens with zero attached hydrogens (tertiary/aromatic N) is 1. The monoisotopic (exact) mass is 317 g/mol. The van der Waals surface area contributed by atoms with Gasteiger partial charge in [-0.25, -0.2) is 8.42 Å². The molecule has 2 rings (SSSR count). The van der Waals surface area contributed by atoms with E-state index in [9.17, 15) is 13.2 Å². The first-order chi connectivity index (χ1) is 9.32. The number of carbonyl (C=O) groups is 1. The molecule has 7 heteroatoms. The molecule has 0 N–H and O–H groups in total. The Hall–Kier alpha value is -1.11. The molecule has 0 unspecified atom stereocenters. The van der Waals surface area contributed by atoms with Gasteiger partial charge in [-0.3, -0.25) is 4.79 Å². The Morgan fingerprint density at radius 3 is 2.55 bits per heavy atom. The number of carbonyl (C=O) groups excluding carboxylic acids is 1. The number of hydrogen-bond donors (Lipinski definition) is 0. The van der Waals surface area contributed by atoms with Gasteiger partial charge in [0.25, 0.3) is 15.0 Å². The van der Waals surface area contributed by atoms with E-state index in [0.717, 1.165) is 12.8 Å². The summed E-state index contributed by atoms with van der Waals surface area (Å²) in [7, 11) is 4.70. The van der Waals surface area contributed by atoms with Crippen molar-refractivity contribution in [3.05, 3.63) is 29.3 Å². The lowest BCUT2D eigenvalue weighted by molar-refractivity contribution is 0.0784. The Morgan fingerprint density at radius 1 is 1.40 bits per heavy atom. The third-order valence-corrected chi connectivity index (χ3v) is 4.55. The number of benzene rings is 1. The summed E-state index contributed by atoms with van der Waals surface area (Å²) in [6.45, 7) is 0.216. The van der Waals surface area contributed by atoms with Crippen molar-refractivity contribution in [1.82, 2.24) is 4.90 Å². The smallest absolute Gasteiger partial charge is 0.261 e. The Balaban J connectivity index is 2.40. The Kier molecular flexibility index (Phi) is 4.36. The number of methoxy groups -OCH3 is 1. The second-order valence-electron chi connectivity index (χ2n) is 4.88. The van der Waals surface area contributed by atoms with Gasteiger partial charge in [-0.1, -0.05) is 0 Å². The average molecular weight is 318 g/mol. The molecule has 0 saturated heterocycles. The van der Waals surface area contributed by atoms with Gasteiger partial charge in [-0.15, -0.1) is 0 Å². The largest absolute Gasteiger partial charge is 0.380 e. The molecule has 0 spiro atoms. The molecule has 1 aromatic carbocycles. The number of ether oxygens (including phenoxy) is 1. The van der Waals surface area contributed by atoms with Crippen LogP contribution < -0.4 is 0 Å². The second-order valence-corrected chi connectivity index (χ2v) is 7.45. The molecule has 0 aromatic heterocycles. The zero-order valence-electron chi connectivity index (χ0n) is 11.3. The van der Waals surface area contributed by atoms with Crippen molar-refractivity contribution in [3.8, 4) is 0 Å². The molecular weight excluding hydrogens is 302 g/mol. The van der Waals surface area contributed by atoms with Gasteiger partial charge < -0.3 is 9.64 Å². The highest BCUT2D eigenvalue weighted by molar-refractivity contribution is 8.13. The van der Waals surface area contributed by atoms with Crippen molar-refractivity contribution < 1.29 is 17.9 Å². The van der Waals surface area contributed by atoms with Crippen LogP contribution in [-0.4, -0.2) is 39.4 Å². The lowest BCUT2D eigenvalue weighted by Crippen LogP contribution is -2.29. The van der Waals surface area contributed by atoms with Gasteiger partial charge in [0, 0.05) is 36.4 Å². The van der Waals surface area contributed by atoms with Crippen molar-refractivity contribution in [2.24, 2.45) is 0 Å². The molecule has 1 aliphatic carbocycles. The van der Waals surface area contributed by atoms with Crippen LogP contribution in [0.3, 0.4) is 0 Å². The predicted molar refractivity (Wildman–Crippen MR) is 75.3 cm³/mol. The third kappa shape index (κ3) is 3.50. The van der Waals surface area contributed by atoms with Gasteiger partial charge in [0.2, 0.25) is 0 Å². The fraction of sp³-hybridized carbons (Fsp3) is 0.462. The highest BCUT2D eigenvalue weighted by Gasteiger charge is 2.30. The van der Waals surface area contributed by atoms with Crippen LogP contribution in [0.4, 0.5) is 0 Å². The summed E-state index contributed by atoms with van der Waals surface area (Å²) in [5.41, 5.74) is 0.912. The van der Waals surface area contributed by atoms with E-state index in [1.54, 1.807) is 18.0 Å². The van der Waals surface area contributed by atoms with E-state index in [1.807, 2.05) is 0 Å². The summed E-state index contributed by atoms with van der Waals surface area (Å²) in [4.78, 5) is 13.9. The first kappa shape index (κ1) is 15.3. The lowest BCUT2D eigenvalue weighted by atomic mass is 10.1. The summed E-state index contributed by atoms with van der Waals surface area (Å²) in [5, 5.41) is 0. The molecule has 1 amide bonds. The summed E-state index contributed by atoms with van der Waals surface area (Å²) < 4.78 is 27.9. The van der Waals surface area contributed by atoms with Crippen LogP contribution in [0.2, 0.25) is 0 Å². The first-order valence-electron chi connectivity index (χ1n) is 6.17. The third-order valence-electron chi connectivity index (χ3n) is 3.22. The highest BCUT2D eigenvalue weighted by atomic mass is 35.7. The molecule has 0 aliphatic heterocycles. The molecule has 0 atom stereocenters. The lowest BCUT2D eigenvalue weighted by Gasteiger charge is -2.17. The minimum Gasteiger partial charge on any atom is -0.380 e. The number of halogens is 1. The molecule has 0 bridgehead atoms. The van der Waals surface area contributed by atoms with Gasteiger partial charge >= 0.3 is 0 Å². The fourth-order valence-electron chi connectivity index (χ4n) is 2.01. The van der Waals surface area contributed by atoms with Crippen LogP contribution >= 0.6 is 10.7 Å². The van der Waals surface area contributed by atoms with Gasteiger partial charge in [0.1, 0.15) is 0 Å². The Morgan fingerprint density at radius 2 is 2.05 bits per heavy atom. The van der Waals surface area contributed by atoms with Crippen LogP contribution in [0.1, 0.15) is 28.8 Å². The van der Waals surface area contributed by atoms with Gasteiger partial charge in [0.05, 0.1) is 11.5 Å². The Labute approximate surface area is 122 Å². The van der Waals surface area contributed by atoms with Crippen LogP contribution in [-0.2, 0) is 20.4 Å². The maximum atomic E-state index is 12.3. The summed E-state index contributed by atoms with van der Waals surface area (Å²) >= 11 is 0. The van der Waals surface area contributed by atoms with E-state index in [4.69, 9.17) is 15.4 Å². The van der Waals surface area contributed by atoms with E-state index in [1.165, 1.54) is 19.2 Å². The van der Waals surface area contributed by atoms with Crippen molar-refractivity contribution >= 4 is 25.6 Å². The molecule has 5 nitrogen and oxygen atoms in total. The van der Waals surface area contributed by atoms with Crippen molar-refractivity contribution in [1.29, 1.82) is 0 Å². The maximum Gasteiger partial charge on any atom is 0.261 e. The molecular formula is C13H16ClNO4S. The van der Waals surface area contributed by atoms with Gasteiger partial charge in [-0.05, 0) is 36.6 Å². The molecule has 20 heavy (non-hydrogen) atoms. The molecule has 1 aliphatic rings. The number of hydrogen-bond acceptors (Lipinski definition) is 4. The van der Waals surface area contributed by atoms with Crippen LogP contribution in [0.5, 0.6) is 0 Å². The summed E-state index contributed by atoms with van der Waals surface area (Å²) in [6.07, 6.45) is 1.97. The van der Waals surface area contributed by atoms with Crippen LogP contribution in [0, 0.1) is 0 Å². The minimum absolute atomic E-state index is 0.0822. The van der Waals surface area contributed by atoms with E-state index in [0.29, 0.717) is 11.1 Å². The molecule has 1 fully saturated rings. The standard InChI is InChI=1S/C13H16ClNO4S/c1-15(11-3-4-11)13(16)10-5-9(8-19-2)6-12(7-10)20(14,17)18/h5-7,11H,3-4,8H2,1-2H3. The second kappa shape index (κ2) is 5.71. The van der Waals surface area contributed by atoms with E-state index in [-0.39, 0.29) is 23.5 Å². The summed E-state index contributed by atoms with van der Waals surface area (Å²) in [6, 6.07) is 4.61. The maximum absolute atomic E-state index is 12.3. The summed E-state index contributed by atoms with van der Waals surface area (Å²) in [5.74, 6) is -0.202. The minimum atomic E-state index is -3.88. The van der Waals surface area contributed by atoms with Gasteiger partial charge in [-0.2, -0.15) is 0 Å². The quantitative estimate of drug-likeness (QED) is 0.779. The fourth-order valence-corrected chi connectivity index (χ4v) is 2.83. The molecule has 0 heterocycles. The topological polar surface area (TPSA) is 63.7 Å². The average Bonchev–Trinajstić information content (AvgIpc) is 3.20. The highest BCUT2D eigenvalue weighted by Crippen LogP contribution is 2.28. The van der Waals surface area contributed by atoms with Crippen LogP contribution in [0.15, 0.2) is 23.1 Å². The molecule has 1 saturated carbocycles. The number of rotatable bonds is 5. The normalized spacial score (nSPS) is 15.2. The van der Waals surface area contributed by atoms with E-state index >= 15 is 0 Å². The molecule has 1 aromatic rings. The van der Waals surface area contributed by atoms with Crippen molar-refractivity contribution in [2.75, 3.05) is 14.2 Å². The van der Waals surface area contributed by atoms with E-state index in [2.05, 4.69) is 0 Å². The Bertz CT molecular complexity index is 625. The zero-order valence-corrected chi connectivity index (χ0v) is 12.9. The van der Waals surface area contributed by atoms with Crippen molar-refractivity contribution in [2.45, 2.75) is 30.4 Å². The zero-order chi connectivity index (χ0) is 14.9. The predicted octanol–water partition coefficient (Wildman–Crippen LogP) is 1.99. The number of amides is 1. The van der Waals surface area contributed by atoms with Crippen LogP contribution in [0.25, 0.3) is 0 Å². The van der Waals surface area contributed by atoms with Crippen molar-refractivity contribution in [3.63, 3.8) is 0 Å². The van der Waals surface area contributed by atoms with E-state index < -0.39 is 9.05 Å². The molecule has 110 valence electrons. The first-order valence-corrected chi connectivity index (χ1v) is 8.48. The van der Waals surface area contributed by atoms with Gasteiger partial charge in [0.15, 0.2) is 0 Å². The SMILES string of the molecule is COCc1cc(C(=O)N(C)C2CC2)cc(S(=O)(=O)Cl)c1.